The predicted molar refractivity (Wildman–Crippen MR) is 80.4 cm³/mol. The van der Waals surface area contributed by atoms with Crippen LogP contribution in [-0.2, 0) is 4.79 Å². The van der Waals surface area contributed by atoms with Crippen molar-refractivity contribution in [1.82, 2.24) is 5.32 Å². The molecule has 1 aliphatic carbocycles. The summed E-state index contributed by atoms with van der Waals surface area (Å²) in [5.41, 5.74) is 6.47. The number of amides is 1. The molecule has 20 heavy (non-hydrogen) atoms. The zero-order valence-corrected chi connectivity index (χ0v) is 12.1. The number of rotatable bonds is 6. The molecular weight excluding hydrogens is 252 g/mol. The number of carbonyl (C=O) groups excluding carboxylic acids is 1. The average molecular weight is 274 g/mol. The first-order valence-corrected chi connectivity index (χ1v) is 6.92. The summed E-state index contributed by atoms with van der Waals surface area (Å²) in [5, 5.41) is 3.02. The molecule has 0 radical (unpaired) electrons. The van der Waals surface area contributed by atoms with E-state index in [1.807, 2.05) is 31.2 Å². The third-order valence-corrected chi connectivity index (χ3v) is 3.85. The second-order valence-corrected chi connectivity index (χ2v) is 5.49. The molecule has 1 fully saturated rings. The van der Waals surface area contributed by atoms with E-state index >= 15 is 0 Å². The summed E-state index contributed by atoms with van der Waals surface area (Å²) < 4.78 is 5.09. The van der Waals surface area contributed by atoms with Crippen LogP contribution in [0.5, 0.6) is 5.75 Å². The Morgan fingerprint density at radius 2 is 2.10 bits per heavy atom. The first-order chi connectivity index (χ1) is 9.57. The highest BCUT2D eigenvalue weighted by Gasteiger charge is 2.41. The molecule has 4 nitrogen and oxygen atoms in total. The summed E-state index contributed by atoms with van der Waals surface area (Å²) >= 11 is 0. The van der Waals surface area contributed by atoms with Crippen LogP contribution in [0, 0.1) is 5.92 Å². The largest absolute Gasteiger partial charge is 0.497 e. The molecule has 0 aliphatic heterocycles. The second-order valence-electron chi connectivity index (χ2n) is 5.49. The van der Waals surface area contributed by atoms with E-state index in [4.69, 9.17) is 10.5 Å². The minimum Gasteiger partial charge on any atom is -0.497 e. The Bertz CT molecular complexity index is 492. The lowest BCUT2D eigenvalue weighted by atomic mass is 9.96. The summed E-state index contributed by atoms with van der Waals surface area (Å²) in [6.45, 7) is 2.49. The topological polar surface area (TPSA) is 64.3 Å². The maximum Gasteiger partial charge on any atom is 0.244 e. The van der Waals surface area contributed by atoms with Gasteiger partial charge in [0.05, 0.1) is 12.6 Å². The van der Waals surface area contributed by atoms with Gasteiger partial charge in [0.1, 0.15) is 5.75 Å². The third kappa shape index (κ3) is 3.61. The van der Waals surface area contributed by atoms with Gasteiger partial charge < -0.3 is 15.8 Å². The number of hydrogen-bond acceptors (Lipinski definition) is 3. The highest BCUT2D eigenvalue weighted by molar-refractivity contribution is 5.92. The Balaban J connectivity index is 1.94. The van der Waals surface area contributed by atoms with E-state index in [1.165, 1.54) is 0 Å². The van der Waals surface area contributed by atoms with Crippen molar-refractivity contribution in [3.05, 3.63) is 35.9 Å². The van der Waals surface area contributed by atoms with Gasteiger partial charge in [-0.25, -0.2) is 0 Å². The lowest BCUT2D eigenvalue weighted by Gasteiger charge is -2.28. The summed E-state index contributed by atoms with van der Waals surface area (Å²) in [6.07, 6.45) is 5.64. The van der Waals surface area contributed by atoms with E-state index in [0.717, 1.165) is 24.2 Å². The minimum atomic E-state index is -0.276. The van der Waals surface area contributed by atoms with Gasteiger partial charge in [-0.05, 0) is 49.5 Å². The molecule has 1 saturated carbocycles. The molecule has 2 rings (SSSR count). The molecule has 1 aromatic rings. The van der Waals surface area contributed by atoms with Gasteiger partial charge in [-0.15, -0.1) is 0 Å². The SMILES string of the molecule is COc1ccc(/C=C/C(=O)NC(C)(CN)C2CC2)cc1. The van der Waals surface area contributed by atoms with Crippen LogP contribution in [-0.4, -0.2) is 25.1 Å². The van der Waals surface area contributed by atoms with Crippen molar-refractivity contribution < 1.29 is 9.53 Å². The van der Waals surface area contributed by atoms with Gasteiger partial charge in [-0.2, -0.15) is 0 Å². The fraction of sp³-hybridized carbons (Fsp3) is 0.438. The third-order valence-electron chi connectivity index (χ3n) is 3.85. The van der Waals surface area contributed by atoms with Crippen LogP contribution in [0.25, 0.3) is 6.08 Å². The molecule has 1 aromatic carbocycles. The van der Waals surface area contributed by atoms with E-state index in [1.54, 1.807) is 19.3 Å². The van der Waals surface area contributed by atoms with Crippen LogP contribution in [0.15, 0.2) is 30.3 Å². The van der Waals surface area contributed by atoms with E-state index in [2.05, 4.69) is 5.32 Å². The number of carbonyl (C=O) groups is 1. The van der Waals surface area contributed by atoms with Gasteiger partial charge in [0.15, 0.2) is 0 Å². The Hall–Kier alpha value is -1.81. The summed E-state index contributed by atoms with van der Waals surface area (Å²) in [6, 6.07) is 7.55. The predicted octanol–water partition coefficient (Wildman–Crippen LogP) is 1.95. The number of methoxy groups -OCH3 is 1. The molecule has 1 amide bonds. The van der Waals surface area contributed by atoms with Crippen LogP contribution in [0.4, 0.5) is 0 Å². The average Bonchev–Trinajstić information content (AvgIpc) is 3.30. The van der Waals surface area contributed by atoms with Crippen molar-refractivity contribution in [2.45, 2.75) is 25.3 Å². The van der Waals surface area contributed by atoms with Crippen molar-refractivity contribution in [2.75, 3.05) is 13.7 Å². The van der Waals surface area contributed by atoms with E-state index in [9.17, 15) is 4.79 Å². The highest BCUT2D eigenvalue weighted by atomic mass is 16.5. The molecule has 1 aliphatic rings. The first-order valence-electron chi connectivity index (χ1n) is 6.92. The quantitative estimate of drug-likeness (QED) is 0.779. The van der Waals surface area contributed by atoms with Gasteiger partial charge in [0.2, 0.25) is 5.91 Å². The molecule has 0 saturated heterocycles. The van der Waals surface area contributed by atoms with Gasteiger partial charge in [0, 0.05) is 12.6 Å². The van der Waals surface area contributed by atoms with Crippen LogP contribution >= 0.6 is 0 Å². The van der Waals surface area contributed by atoms with Crippen molar-refractivity contribution >= 4 is 12.0 Å². The fourth-order valence-corrected chi connectivity index (χ4v) is 2.25. The molecule has 1 atom stereocenters. The zero-order chi connectivity index (χ0) is 14.6. The van der Waals surface area contributed by atoms with Crippen LogP contribution < -0.4 is 15.8 Å². The standard InChI is InChI=1S/C16H22N2O2/c1-16(11-17,13-6-7-13)18-15(19)10-5-12-3-8-14(20-2)9-4-12/h3-5,8-10,13H,6-7,11,17H2,1-2H3,(H,18,19)/b10-5+. The van der Waals surface area contributed by atoms with Crippen molar-refractivity contribution in [1.29, 1.82) is 0 Å². The number of ether oxygens (including phenoxy) is 1. The Morgan fingerprint density at radius 1 is 1.45 bits per heavy atom. The van der Waals surface area contributed by atoms with Crippen molar-refractivity contribution in [3.63, 3.8) is 0 Å². The molecule has 3 N–H and O–H groups in total. The van der Waals surface area contributed by atoms with Gasteiger partial charge >= 0.3 is 0 Å². The number of benzene rings is 1. The molecule has 108 valence electrons. The normalized spacial score (nSPS) is 17.8. The molecule has 4 heteroatoms. The Labute approximate surface area is 120 Å². The van der Waals surface area contributed by atoms with Crippen LogP contribution in [0.2, 0.25) is 0 Å². The molecule has 1 unspecified atom stereocenters. The lowest BCUT2D eigenvalue weighted by Crippen LogP contribution is -2.52. The molecule has 0 spiro atoms. The van der Waals surface area contributed by atoms with Gasteiger partial charge in [0.25, 0.3) is 0 Å². The smallest absolute Gasteiger partial charge is 0.244 e. The molecule has 0 heterocycles. The second kappa shape index (κ2) is 6.09. The minimum absolute atomic E-state index is 0.0966. The zero-order valence-electron chi connectivity index (χ0n) is 12.1. The van der Waals surface area contributed by atoms with Gasteiger partial charge in [-0.1, -0.05) is 12.1 Å². The first kappa shape index (κ1) is 14.6. The lowest BCUT2D eigenvalue weighted by molar-refractivity contribution is -0.118. The van der Waals surface area contributed by atoms with Crippen LogP contribution in [0.3, 0.4) is 0 Å². The van der Waals surface area contributed by atoms with E-state index in [0.29, 0.717) is 12.5 Å². The summed E-state index contributed by atoms with van der Waals surface area (Å²) in [7, 11) is 1.63. The molecule has 0 bridgehead atoms. The maximum absolute atomic E-state index is 12.0. The Kier molecular flexibility index (Phi) is 4.45. The highest BCUT2D eigenvalue weighted by Crippen LogP contribution is 2.38. The fourth-order valence-electron chi connectivity index (χ4n) is 2.25. The van der Waals surface area contributed by atoms with E-state index < -0.39 is 0 Å². The number of nitrogens with two attached hydrogens (primary N) is 1. The van der Waals surface area contributed by atoms with Gasteiger partial charge in [-0.3, -0.25) is 4.79 Å². The molecular formula is C16H22N2O2. The summed E-state index contributed by atoms with van der Waals surface area (Å²) in [5.74, 6) is 1.22. The number of hydrogen-bond donors (Lipinski definition) is 2. The van der Waals surface area contributed by atoms with Crippen LogP contribution in [0.1, 0.15) is 25.3 Å². The van der Waals surface area contributed by atoms with E-state index in [-0.39, 0.29) is 11.4 Å². The Morgan fingerprint density at radius 3 is 2.60 bits per heavy atom. The van der Waals surface area contributed by atoms with Crippen molar-refractivity contribution in [2.24, 2.45) is 11.7 Å². The van der Waals surface area contributed by atoms with Crippen molar-refractivity contribution in [3.8, 4) is 5.75 Å². The monoisotopic (exact) mass is 274 g/mol. The molecule has 0 aromatic heterocycles. The maximum atomic E-state index is 12.0. The summed E-state index contributed by atoms with van der Waals surface area (Å²) in [4.78, 5) is 12.0. The number of nitrogens with one attached hydrogen (secondary N) is 1.